The maximum atomic E-state index is 11.9. The van der Waals surface area contributed by atoms with Crippen molar-refractivity contribution in [1.29, 1.82) is 0 Å². The largest absolute Gasteiger partial charge is 0.481 e. The molecule has 0 radical (unpaired) electrons. The van der Waals surface area contributed by atoms with Crippen molar-refractivity contribution in [3.63, 3.8) is 0 Å². The number of hydrogen-bond donors (Lipinski definition) is 3. The van der Waals surface area contributed by atoms with Gasteiger partial charge in [0.05, 0.1) is 6.10 Å². The first kappa shape index (κ1) is 21.2. The fourth-order valence-electron chi connectivity index (χ4n) is 2.68. The van der Waals surface area contributed by atoms with E-state index in [4.69, 9.17) is 5.11 Å². The third kappa shape index (κ3) is 9.25. The van der Waals surface area contributed by atoms with E-state index in [1.54, 1.807) is 24.3 Å². The van der Waals surface area contributed by atoms with Gasteiger partial charge in [-0.25, -0.2) is 0 Å². The van der Waals surface area contributed by atoms with Gasteiger partial charge < -0.3 is 15.5 Å². The molecule has 1 amide bonds. The molecule has 0 saturated heterocycles. The zero-order valence-electron chi connectivity index (χ0n) is 15.2. The van der Waals surface area contributed by atoms with Crippen molar-refractivity contribution in [3.05, 3.63) is 35.4 Å². The van der Waals surface area contributed by atoms with Crippen LogP contribution in [0.3, 0.4) is 0 Å². The van der Waals surface area contributed by atoms with Crippen LogP contribution in [0.1, 0.15) is 86.7 Å². The molecule has 0 aliphatic carbocycles. The topological polar surface area (TPSA) is 86.6 Å². The van der Waals surface area contributed by atoms with Gasteiger partial charge in [0.1, 0.15) is 0 Å². The highest BCUT2D eigenvalue weighted by atomic mass is 16.4. The quantitative estimate of drug-likeness (QED) is 0.469. The minimum Gasteiger partial charge on any atom is -0.481 e. The number of carboxylic acids is 1. The van der Waals surface area contributed by atoms with Crippen LogP contribution in [0.15, 0.2) is 24.3 Å². The van der Waals surface area contributed by atoms with E-state index >= 15 is 0 Å². The summed E-state index contributed by atoms with van der Waals surface area (Å²) < 4.78 is 0. The van der Waals surface area contributed by atoms with Crippen molar-refractivity contribution < 1.29 is 19.8 Å². The zero-order chi connectivity index (χ0) is 18.5. The van der Waals surface area contributed by atoms with E-state index in [2.05, 4.69) is 12.2 Å². The summed E-state index contributed by atoms with van der Waals surface area (Å²) in [6.07, 6.45) is 7.88. The summed E-state index contributed by atoms with van der Waals surface area (Å²) in [5.41, 5.74) is 1.35. The van der Waals surface area contributed by atoms with Crippen LogP contribution in [0.25, 0.3) is 0 Å². The fraction of sp³-hybridized carbons (Fsp3) is 0.600. The van der Waals surface area contributed by atoms with Gasteiger partial charge in [-0.2, -0.15) is 0 Å². The number of carboxylic acid groups (broad SMARTS) is 1. The number of nitrogens with one attached hydrogen (secondary N) is 1. The number of aliphatic carboxylic acids is 1. The van der Waals surface area contributed by atoms with E-state index in [1.165, 1.54) is 25.7 Å². The lowest BCUT2D eigenvalue weighted by molar-refractivity contribution is -0.137. The summed E-state index contributed by atoms with van der Waals surface area (Å²) in [5.74, 6) is -1.08. The number of unbranched alkanes of at least 4 members (excludes halogenated alkanes) is 5. The summed E-state index contributed by atoms with van der Waals surface area (Å²) in [5, 5.41) is 21.5. The van der Waals surface area contributed by atoms with Crippen LogP contribution in [-0.4, -0.2) is 28.6 Å². The Morgan fingerprint density at radius 2 is 1.64 bits per heavy atom. The van der Waals surface area contributed by atoms with E-state index in [-0.39, 0.29) is 12.3 Å². The Bertz CT molecular complexity index is 513. The average Bonchev–Trinajstić information content (AvgIpc) is 2.61. The molecule has 0 saturated carbocycles. The van der Waals surface area contributed by atoms with Gasteiger partial charge in [0, 0.05) is 18.5 Å². The Balaban J connectivity index is 2.31. The molecule has 25 heavy (non-hydrogen) atoms. The number of carbonyl (C=O) groups is 2. The van der Waals surface area contributed by atoms with Crippen molar-refractivity contribution in [2.75, 3.05) is 6.54 Å². The highest BCUT2D eigenvalue weighted by molar-refractivity contribution is 5.94. The molecule has 3 N–H and O–H groups in total. The Hall–Kier alpha value is -1.88. The summed E-state index contributed by atoms with van der Waals surface area (Å²) in [6.45, 7) is 2.54. The third-order valence-electron chi connectivity index (χ3n) is 4.24. The molecular weight excluding hydrogens is 318 g/mol. The van der Waals surface area contributed by atoms with E-state index in [9.17, 15) is 14.7 Å². The molecule has 5 heteroatoms. The molecular formula is C20H31NO4. The molecule has 0 spiro atoms. The molecule has 140 valence electrons. The second-order valence-electron chi connectivity index (χ2n) is 6.45. The number of rotatable bonds is 13. The van der Waals surface area contributed by atoms with Crippen molar-refractivity contribution in [1.82, 2.24) is 5.32 Å². The van der Waals surface area contributed by atoms with E-state index < -0.39 is 12.1 Å². The Labute approximate surface area is 150 Å². The minimum absolute atomic E-state index is 0.0455. The monoisotopic (exact) mass is 349 g/mol. The van der Waals surface area contributed by atoms with Crippen molar-refractivity contribution in [2.24, 2.45) is 0 Å². The molecule has 0 fully saturated rings. The molecule has 1 unspecified atom stereocenters. The van der Waals surface area contributed by atoms with Gasteiger partial charge in [-0.3, -0.25) is 9.59 Å². The van der Waals surface area contributed by atoms with Crippen LogP contribution in [0.2, 0.25) is 0 Å². The number of amides is 1. The number of carbonyl (C=O) groups excluding carboxylic acids is 1. The van der Waals surface area contributed by atoms with Crippen LogP contribution < -0.4 is 5.32 Å². The average molecular weight is 349 g/mol. The highest BCUT2D eigenvalue weighted by Crippen LogP contribution is 2.20. The number of hydrogen-bond acceptors (Lipinski definition) is 3. The van der Waals surface area contributed by atoms with Gasteiger partial charge in [0.25, 0.3) is 5.91 Å². The lowest BCUT2D eigenvalue weighted by Gasteiger charge is -2.12. The normalized spacial score (nSPS) is 11.9. The number of benzene rings is 1. The molecule has 1 rings (SSSR count). The van der Waals surface area contributed by atoms with Gasteiger partial charge in [-0.05, 0) is 30.5 Å². The van der Waals surface area contributed by atoms with Crippen LogP contribution in [0.4, 0.5) is 0 Å². The second-order valence-corrected chi connectivity index (χ2v) is 6.45. The van der Waals surface area contributed by atoms with Gasteiger partial charge >= 0.3 is 5.97 Å². The van der Waals surface area contributed by atoms with Gasteiger partial charge in [-0.1, -0.05) is 57.6 Å². The maximum Gasteiger partial charge on any atom is 0.303 e. The molecule has 5 nitrogen and oxygen atoms in total. The maximum absolute atomic E-state index is 11.9. The van der Waals surface area contributed by atoms with E-state index in [0.29, 0.717) is 18.5 Å². The Morgan fingerprint density at radius 3 is 2.28 bits per heavy atom. The first-order valence-corrected chi connectivity index (χ1v) is 9.32. The Morgan fingerprint density at radius 1 is 1.00 bits per heavy atom. The molecule has 0 heterocycles. The summed E-state index contributed by atoms with van der Waals surface area (Å²) in [6, 6.07) is 6.97. The summed E-state index contributed by atoms with van der Waals surface area (Å²) in [4.78, 5) is 22.4. The first-order chi connectivity index (χ1) is 12.0. The van der Waals surface area contributed by atoms with E-state index in [1.807, 2.05) is 0 Å². The standard InChI is InChI=1S/C20H31NO4/c1-2-3-4-5-6-7-9-18(22)16-11-13-17(14-12-16)20(25)21-15-8-10-19(23)24/h11-14,18,22H,2-10,15H2,1H3,(H,21,25)(H,23,24). The van der Waals surface area contributed by atoms with Gasteiger partial charge in [0.2, 0.25) is 0 Å². The van der Waals surface area contributed by atoms with Crippen LogP contribution in [0.5, 0.6) is 0 Å². The van der Waals surface area contributed by atoms with Crippen molar-refractivity contribution in [3.8, 4) is 0 Å². The van der Waals surface area contributed by atoms with Gasteiger partial charge in [-0.15, -0.1) is 0 Å². The van der Waals surface area contributed by atoms with Crippen LogP contribution in [0, 0.1) is 0 Å². The molecule has 0 bridgehead atoms. The lowest BCUT2D eigenvalue weighted by Crippen LogP contribution is -2.24. The SMILES string of the molecule is CCCCCCCCC(O)c1ccc(C(=O)NCCCC(=O)O)cc1. The third-order valence-corrected chi connectivity index (χ3v) is 4.24. The highest BCUT2D eigenvalue weighted by Gasteiger charge is 2.10. The summed E-state index contributed by atoms with van der Waals surface area (Å²) >= 11 is 0. The van der Waals surface area contributed by atoms with Crippen LogP contribution >= 0.6 is 0 Å². The molecule has 1 aromatic carbocycles. The molecule has 0 aromatic heterocycles. The van der Waals surface area contributed by atoms with Crippen molar-refractivity contribution >= 4 is 11.9 Å². The predicted molar refractivity (Wildman–Crippen MR) is 98.6 cm³/mol. The fourth-order valence-corrected chi connectivity index (χ4v) is 2.68. The number of aliphatic hydroxyl groups excluding tert-OH is 1. The summed E-state index contributed by atoms with van der Waals surface area (Å²) in [7, 11) is 0. The van der Waals surface area contributed by atoms with Gasteiger partial charge in [0.15, 0.2) is 0 Å². The lowest BCUT2D eigenvalue weighted by atomic mass is 10.0. The minimum atomic E-state index is -0.863. The Kier molecular flexibility index (Phi) is 10.6. The molecule has 1 atom stereocenters. The number of aliphatic hydroxyl groups is 1. The van der Waals surface area contributed by atoms with E-state index in [0.717, 1.165) is 24.8 Å². The smallest absolute Gasteiger partial charge is 0.303 e. The molecule has 0 aliphatic rings. The molecule has 1 aromatic rings. The second kappa shape index (κ2) is 12.5. The first-order valence-electron chi connectivity index (χ1n) is 9.32. The van der Waals surface area contributed by atoms with Crippen LogP contribution in [-0.2, 0) is 4.79 Å². The van der Waals surface area contributed by atoms with Crippen molar-refractivity contribution in [2.45, 2.75) is 70.8 Å². The molecule has 0 aliphatic heterocycles. The predicted octanol–water partition coefficient (Wildman–Crippen LogP) is 4.07. The zero-order valence-corrected chi connectivity index (χ0v) is 15.2.